The van der Waals surface area contributed by atoms with Gasteiger partial charge in [-0.2, -0.15) is 5.10 Å². The third-order valence-corrected chi connectivity index (χ3v) is 6.75. The van der Waals surface area contributed by atoms with Crippen LogP contribution in [-0.4, -0.2) is 44.8 Å². The van der Waals surface area contributed by atoms with Gasteiger partial charge in [0.05, 0.1) is 32.1 Å². The van der Waals surface area contributed by atoms with Crippen LogP contribution in [0.25, 0.3) is 11.1 Å². The number of aromatic nitrogens is 3. The van der Waals surface area contributed by atoms with E-state index in [2.05, 4.69) is 19.8 Å². The summed E-state index contributed by atoms with van der Waals surface area (Å²) in [6.07, 6.45) is 3.40. The number of hydrogen-bond donors (Lipinski definition) is 2. The monoisotopic (exact) mass is 470 g/mol. The van der Waals surface area contributed by atoms with E-state index in [0.29, 0.717) is 36.9 Å². The average Bonchev–Trinajstić information content (AvgIpc) is 3.49. The Labute approximate surface area is 190 Å². The molecule has 3 N–H and O–H groups in total. The second-order valence-corrected chi connectivity index (χ2v) is 9.42. The Morgan fingerprint density at radius 1 is 1.39 bits per heavy atom. The Balaban J connectivity index is 1.52. The number of benzene rings is 1. The van der Waals surface area contributed by atoms with Gasteiger partial charge in [-0.05, 0) is 30.7 Å². The first kappa shape index (κ1) is 21.2. The zero-order valence-electron chi connectivity index (χ0n) is 18.0. The number of hydrogen-bond acceptors (Lipinski definition) is 7. The second kappa shape index (κ2) is 8.05. The lowest BCUT2D eigenvalue weighted by Gasteiger charge is -2.14. The van der Waals surface area contributed by atoms with Crippen LogP contribution in [0.2, 0.25) is 0 Å². The standard InChI is InChI=1S/C21H22N6O5S/c1-12-11-27-20(32-12)17(10-24-27)33(22,29)26-21(28)25-19-14(3-4-16-15(19)6-8-31-16)13-5-7-23-18(9-13)30-2/h3-5,7,9-10,12H,6,8,11H2,1-2H3,(H3,22,25,26,28,29)/t12-,33-/m1/s1. The Morgan fingerprint density at radius 2 is 2.24 bits per heavy atom. The fourth-order valence-corrected chi connectivity index (χ4v) is 4.92. The molecule has 2 atom stereocenters. The van der Waals surface area contributed by atoms with Crippen molar-refractivity contribution in [2.45, 2.75) is 30.9 Å². The largest absolute Gasteiger partial charge is 0.493 e. The maximum atomic E-state index is 13.2. The molecule has 1 aromatic carbocycles. The molecule has 2 amide bonds. The zero-order valence-corrected chi connectivity index (χ0v) is 18.8. The summed E-state index contributed by atoms with van der Waals surface area (Å²) >= 11 is 0. The highest BCUT2D eigenvalue weighted by Crippen LogP contribution is 2.40. The lowest BCUT2D eigenvalue weighted by atomic mass is 9.99. The number of nitrogens with one attached hydrogen (secondary N) is 1. The molecule has 5 rings (SSSR count). The van der Waals surface area contributed by atoms with Crippen molar-refractivity contribution in [1.29, 1.82) is 0 Å². The fourth-order valence-electron chi connectivity index (χ4n) is 3.93. The minimum atomic E-state index is -3.59. The highest BCUT2D eigenvalue weighted by atomic mass is 32.2. The fraction of sp³-hybridized carbons (Fsp3) is 0.286. The van der Waals surface area contributed by atoms with E-state index >= 15 is 0 Å². The quantitative estimate of drug-likeness (QED) is 0.596. The van der Waals surface area contributed by atoms with Crippen LogP contribution in [0.3, 0.4) is 0 Å². The first-order valence-corrected chi connectivity index (χ1v) is 11.8. The van der Waals surface area contributed by atoms with E-state index in [1.807, 2.05) is 19.1 Å². The predicted molar refractivity (Wildman–Crippen MR) is 120 cm³/mol. The maximum absolute atomic E-state index is 13.2. The van der Waals surface area contributed by atoms with E-state index in [0.717, 1.165) is 16.7 Å². The number of urea groups is 1. The van der Waals surface area contributed by atoms with Crippen molar-refractivity contribution >= 4 is 21.6 Å². The van der Waals surface area contributed by atoms with Gasteiger partial charge in [-0.3, -0.25) is 0 Å². The smallest absolute Gasteiger partial charge is 0.354 e. The molecule has 0 bridgehead atoms. The number of carbonyl (C=O) groups excluding carboxylic acids is 1. The molecule has 2 aliphatic rings. The SMILES string of the molecule is COc1cc(-c2ccc3c(c2NC(=O)N=[S@@](N)(=O)c2cnn4c2O[C@H](C)C4)CCO3)ccn1. The summed E-state index contributed by atoms with van der Waals surface area (Å²) in [6.45, 7) is 2.85. The molecule has 0 aliphatic carbocycles. The molecule has 0 radical (unpaired) electrons. The van der Waals surface area contributed by atoms with Gasteiger partial charge < -0.3 is 19.5 Å². The Hall–Kier alpha value is -3.64. The van der Waals surface area contributed by atoms with Gasteiger partial charge in [0.1, 0.15) is 16.7 Å². The van der Waals surface area contributed by atoms with Gasteiger partial charge in [0, 0.05) is 29.8 Å². The molecule has 33 heavy (non-hydrogen) atoms. The topological polar surface area (TPSA) is 143 Å². The van der Waals surface area contributed by atoms with E-state index in [4.69, 9.17) is 19.3 Å². The van der Waals surface area contributed by atoms with E-state index in [1.54, 1.807) is 23.0 Å². The molecule has 2 aromatic heterocycles. The molecule has 3 aromatic rings. The van der Waals surface area contributed by atoms with E-state index in [1.165, 1.54) is 13.3 Å². The molecule has 11 nitrogen and oxygen atoms in total. The van der Waals surface area contributed by atoms with Gasteiger partial charge in [-0.1, -0.05) is 0 Å². The number of rotatable bonds is 4. The molecule has 0 spiro atoms. The number of ether oxygens (including phenoxy) is 3. The lowest BCUT2D eigenvalue weighted by Crippen LogP contribution is -2.19. The van der Waals surface area contributed by atoms with Gasteiger partial charge >= 0.3 is 6.03 Å². The summed E-state index contributed by atoms with van der Waals surface area (Å²) in [5.74, 6) is 1.37. The normalized spacial score (nSPS) is 17.8. The third-order valence-electron chi connectivity index (χ3n) is 5.40. The van der Waals surface area contributed by atoms with E-state index in [9.17, 15) is 9.00 Å². The van der Waals surface area contributed by atoms with Crippen LogP contribution in [-0.2, 0) is 22.9 Å². The Bertz CT molecular complexity index is 1380. The molecular formula is C21H22N6O5S. The minimum Gasteiger partial charge on any atom is -0.493 e. The highest BCUT2D eigenvalue weighted by Gasteiger charge is 2.29. The lowest BCUT2D eigenvalue weighted by molar-refractivity contribution is 0.248. The van der Waals surface area contributed by atoms with Crippen molar-refractivity contribution in [3.63, 3.8) is 0 Å². The van der Waals surface area contributed by atoms with Crippen LogP contribution in [0.5, 0.6) is 17.5 Å². The number of amides is 2. The average molecular weight is 471 g/mol. The first-order valence-electron chi connectivity index (χ1n) is 10.2. The summed E-state index contributed by atoms with van der Waals surface area (Å²) in [5.41, 5.74) is 2.82. The zero-order chi connectivity index (χ0) is 23.2. The Kier molecular flexibility index (Phi) is 5.17. The number of nitrogens with two attached hydrogens (primary N) is 1. The van der Waals surface area contributed by atoms with Crippen LogP contribution in [0.1, 0.15) is 12.5 Å². The molecule has 4 heterocycles. The van der Waals surface area contributed by atoms with Gasteiger partial charge in [0.25, 0.3) is 0 Å². The van der Waals surface area contributed by atoms with E-state index < -0.39 is 15.9 Å². The number of pyridine rings is 1. The molecular weight excluding hydrogens is 448 g/mol. The molecule has 0 fully saturated rings. The number of anilines is 1. The van der Waals surface area contributed by atoms with Crippen molar-refractivity contribution in [3.8, 4) is 28.6 Å². The van der Waals surface area contributed by atoms with Crippen molar-refractivity contribution in [2.24, 2.45) is 9.50 Å². The van der Waals surface area contributed by atoms with E-state index in [-0.39, 0.29) is 16.9 Å². The van der Waals surface area contributed by atoms with Crippen LogP contribution in [0.15, 0.2) is 45.9 Å². The maximum Gasteiger partial charge on any atom is 0.354 e. The molecule has 0 saturated heterocycles. The molecule has 0 saturated carbocycles. The number of fused-ring (bicyclic) bond motifs is 2. The van der Waals surface area contributed by atoms with Crippen LogP contribution < -0.4 is 24.7 Å². The van der Waals surface area contributed by atoms with Crippen LogP contribution >= 0.6 is 0 Å². The third kappa shape index (κ3) is 3.87. The van der Waals surface area contributed by atoms with Crippen molar-refractivity contribution in [1.82, 2.24) is 14.8 Å². The molecule has 2 aliphatic heterocycles. The minimum absolute atomic E-state index is 0.0858. The van der Waals surface area contributed by atoms with Crippen LogP contribution in [0.4, 0.5) is 10.5 Å². The number of nitrogens with zero attached hydrogens (tertiary/aromatic N) is 4. The molecule has 172 valence electrons. The van der Waals surface area contributed by atoms with Gasteiger partial charge in [0.2, 0.25) is 11.8 Å². The number of carbonyl (C=O) groups is 1. The highest BCUT2D eigenvalue weighted by molar-refractivity contribution is 7.91. The molecule has 0 unspecified atom stereocenters. The predicted octanol–water partition coefficient (Wildman–Crippen LogP) is 2.60. The summed E-state index contributed by atoms with van der Waals surface area (Å²) < 4.78 is 35.0. The first-order chi connectivity index (χ1) is 15.9. The Morgan fingerprint density at radius 3 is 3.06 bits per heavy atom. The number of methoxy groups -OCH3 is 1. The van der Waals surface area contributed by atoms with Gasteiger partial charge in [-0.15, -0.1) is 4.36 Å². The summed E-state index contributed by atoms with van der Waals surface area (Å²) in [5, 5.41) is 12.9. The van der Waals surface area contributed by atoms with Crippen molar-refractivity contribution in [3.05, 3.63) is 42.2 Å². The summed E-state index contributed by atoms with van der Waals surface area (Å²) in [7, 11) is -2.07. The van der Waals surface area contributed by atoms with Crippen molar-refractivity contribution in [2.75, 3.05) is 19.0 Å². The van der Waals surface area contributed by atoms with Gasteiger partial charge in [-0.25, -0.2) is 23.8 Å². The summed E-state index contributed by atoms with van der Waals surface area (Å²) in [6, 6.07) is 6.38. The second-order valence-electron chi connectivity index (χ2n) is 7.66. The summed E-state index contributed by atoms with van der Waals surface area (Å²) in [4.78, 5) is 17.1. The molecule has 12 heteroatoms. The van der Waals surface area contributed by atoms with Crippen molar-refractivity contribution < 1.29 is 23.2 Å². The van der Waals surface area contributed by atoms with Crippen LogP contribution in [0, 0.1) is 0 Å². The van der Waals surface area contributed by atoms with Gasteiger partial charge in [0.15, 0.2) is 9.92 Å².